The van der Waals surface area contributed by atoms with Gasteiger partial charge in [0, 0.05) is 12.1 Å². The molecular formula is C12H20N2O5S. The van der Waals surface area contributed by atoms with E-state index in [0.29, 0.717) is 6.42 Å². The van der Waals surface area contributed by atoms with Crippen LogP contribution >= 0.6 is 0 Å². The molecule has 1 saturated heterocycles. The van der Waals surface area contributed by atoms with Crippen molar-refractivity contribution in [3.8, 4) is 0 Å². The van der Waals surface area contributed by atoms with Crippen LogP contribution in [0.1, 0.15) is 32.1 Å². The van der Waals surface area contributed by atoms with E-state index in [9.17, 15) is 18.0 Å². The van der Waals surface area contributed by atoms with Crippen LogP contribution in [-0.2, 0) is 14.6 Å². The van der Waals surface area contributed by atoms with E-state index in [4.69, 9.17) is 5.11 Å². The second kappa shape index (κ2) is 5.99. The number of amides is 2. The lowest BCUT2D eigenvalue weighted by Crippen LogP contribution is -2.50. The Labute approximate surface area is 118 Å². The molecule has 0 radical (unpaired) electrons. The molecule has 2 N–H and O–H groups in total. The number of nitrogens with zero attached hydrogens (tertiary/aromatic N) is 1. The molecule has 7 nitrogen and oxygen atoms in total. The normalized spacial score (nSPS) is 25.5. The number of sulfone groups is 1. The van der Waals surface area contributed by atoms with Crippen molar-refractivity contribution in [3.63, 3.8) is 0 Å². The maximum Gasteiger partial charge on any atom is 0.323 e. The summed E-state index contributed by atoms with van der Waals surface area (Å²) in [6.07, 6.45) is 4.00. The maximum atomic E-state index is 12.2. The van der Waals surface area contributed by atoms with Crippen molar-refractivity contribution in [3.05, 3.63) is 0 Å². The first-order valence-electron chi connectivity index (χ1n) is 6.87. The van der Waals surface area contributed by atoms with E-state index in [1.807, 2.05) is 0 Å². The minimum absolute atomic E-state index is 0.0513. The van der Waals surface area contributed by atoms with Gasteiger partial charge < -0.3 is 15.3 Å². The molecular weight excluding hydrogens is 284 g/mol. The summed E-state index contributed by atoms with van der Waals surface area (Å²) in [5.41, 5.74) is 0. The van der Waals surface area contributed by atoms with E-state index in [1.54, 1.807) is 0 Å². The number of carboxylic acid groups (broad SMARTS) is 1. The number of carbonyl (C=O) groups is 2. The number of hydrogen-bond acceptors (Lipinski definition) is 4. The minimum atomic E-state index is -3.06. The van der Waals surface area contributed by atoms with Crippen LogP contribution in [0.4, 0.5) is 4.79 Å². The molecule has 2 fully saturated rings. The van der Waals surface area contributed by atoms with Crippen molar-refractivity contribution in [2.75, 3.05) is 18.1 Å². The molecule has 0 aromatic carbocycles. The molecule has 2 amide bonds. The average Bonchev–Trinajstić information content (AvgIpc) is 2.95. The highest BCUT2D eigenvalue weighted by atomic mass is 32.2. The van der Waals surface area contributed by atoms with Gasteiger partial charge in [0.05, 0.1) is 11.5 Å². The Balaban J connectivity index is 1.97. The number of carboxylic acids is 1. The van der Waals surface area contributed by atoms with Gasteiger partial charge in [-0.05, 0) is 19.3 Å². The fourth-order valence-electron chi connectivity index (χ4n) is 2.89. The summed E-state index contributed by atoms with van der Waals surface area (Å²) in [6, 6.07) is -0.907. The summed E-state index contributed by atoms with van der Waals surface area (Å²) < 4.78 is 22.7. The number of rotatable bonds is 4. The first kappa shape index (κ1) is 15.1. The smallest absolute Gasteiger partial charge is 0.323 e. The van der Waals surface area contributed by atoms with E-state index < -0.39 is 27.9 Å². The van der Waals surface area contributed by atoms with Crippen molar-refractivity contribution >= 4 is 21.8 Å². The van der Waals surface area contributed by atoms with Gasteiger partial charge in [0.15, 0.2) is 9.84 Å². The van der Waals surface area contributed by atoms with Crippen LogP contribution < -0.4 is 5.32 Å². The van der Waals surface area contributed by atoms with Gasteiger partial charge in [-0.1, -0.05) is 12.8 Å². The molecule has 0 aromatic heterocycles. The number of hydrogen-bond donors (Lipinski definition) is 2. The number of nitrogens with one attached hydrogen (secondary N) is 1. The highest BCUT2D eigenvalue weighted by Crippen LogP contribution is 2.23. The zero-order valence-corrected chi connectivity index (χ0v) is 12.1. The molecule has 0 spiro atoms. The summed E-state index contributed by atoms with van der Waals surface area (Å²) in [7, 11) is -3.06. The highest BCUT2D eigenvalue weighted by Gasteiger charge is 2.33. The first-order chi connectivity index (χ1) is 9.37. The lowest BCUT2D eigenvalue weighted by molar-refractivity contribution is -0.138. The Kier molecular flexibility index (Phi) is 4.52. The van der Waals surface area contributed by atoms with Crippen LogP contribution in [0.25, 0.3) is 0 Å². The van der Waals surface area contributed by atoms with Crippen molar-refractivity contribution in [2.45, 2.75) is 44.2 Å². The number of urea groups is 1. The molecule has 114 valence electrons. The standard InChI is InChI=1S/C12H20N2O5S/c15-11(16)7-14(10-3-1-2-4-10)12(17)13-9-5-6-20(18,19)8-9/h9-10H,1-8H2,(H,13,17)(H,15,16). The van der Waals surface area contributed by atoms with E-state index in [0.717, 1.165) is 25.7 Å². The van der Waals surface area contributed by atoms with Gasteiger partial charge >= 0.3 is 12.0 Å². The summed E-state index contributed by atoms with van der Waals surface area (Å²) in [6.45, 7) is -0.337. The molecule has 1 unspecified atom stereocenters. The Hall–Kier alpha value is -1.31. The topological polar surface area (TPSA) is 104 Å². The lowest BCUT2D eigenvalue weighted by atomic mass is 10.2. The third-order valence-corrected chi connectivity index (χ3v) is 5.66. The molecule has 0 bridgehead atoms. The fraction of sp³-hybridized carbons (Fsp3) is 0.833. The van der Waals surface area contributed by atoms with Crippen LogP contribution in [0.15, 0.2) is 0 Å². The molecule has 20 heavy (non-hydrogen) atoms. The van der Waals surface area contributed by atoms with Crippen LogP contribution in [0.2, 0.25) is 0 Å². The van der Waals surface area contributed by atoms with Gasteiger partial charge in [0.1, 0.15) is 6.54 Å². The molecule has 1 heterocycles. The van der Waals surface area contributed by atoms with Crippen LogP contribution in [0.3, 0.4) is 0 Å². The molecule has 1 aliphatic heterocycles. The van der Waals surface area contributed by atoms with Gasteiger partial charge in [-0.3, -0.25) is 4.79 Å². The fourth-order valence-corrected chi connectivity index (χ4v) is 4.57. The third-order valence-electron chi connectivity index (χ3n) is 3.89. The first-order valence-corrected chi connectivity index (χ1v) is 8.69. The summed E-state index contributed by atoms with van der Waals surface area (Å²) in [4.78, 5) is 24.4. The molecule has 0 aromatic rings. The van der Waals surface area contributed by atoms with Crippen molar-refractivity contribution < 1.29 is 23.1 Å². The third kappa shape index (κ3) is 3.84. The van der Waals surface area contributed by atoms with Crippen molar-refractivity contribution in [1.82, 2.24) is 10.2 Å². The van der Waals surface area contributed by atoms with E-state index >= 15 is 0 Å². The second-order valence-corrected chi connectivity index (χ2v) is 7.74. The Bertz CT molecular complexity index is 484. The molecule has 1 aliphatic carbocycles. The average molecular weight is 304 g/mol. The van der Waals surface area contributed by atoms with E-state index in [-0.39, 0.29) is 24.1 Å². The Morgan fingerprint density at radius 1 is 1.20 bits per heavy atom. The van der Waals surface area contributed by atoms with Crippen LogP contribution in [0.5, 0.6) is 0 Å². The second-order valence-electron chi connectivity index (χ2n) is 5.51. The van der Waals surface area contributed by atoms with Gasteiger partial charge in [-0.15, -0.1) is 0 Å². The number of carbonyl (C=O) groups excluding carboxylic acids is 1. The van der Waals surface area contributed by atoms with Crippen LogP contribution in [-0.4, -0.2) is 60.6 Å². The predicted molar refractivity (Wildman–Crippen MR) is 72.2 cm³/mol. The van der Waals surface area contributed by atoms with Crippen LogP contribution in [0, 0.1) is 0 Å². The largest absolute Gasteiger partial charge is 0.480 e. The highest BCUT2D eigenvalue weighted by molar-refractivity contribution is 7.91. The molecule has 2 rings (SSSR count). The maximum absolute atomic E-state index is 12.2. The van der Waals surface area contributed by atoms with Gasteiger partial charge in [-0.25, -0.2) is 13.2 Å². The molecule has 8 heteroatoms. The zero-order chi connectivity index (χ0) is 14.8. The monoisotopic (exact) mass is 304 g/mol. The van der Waals surface area contributed by atoms with E-state index in [2.05, 4.69) is 5.32 Å². The summed E-state index contributed by atoms with van der Waals surface area (Å²) in [5, 5.41) is 11.6. The molecule has 1 atom stereocenters. The summed E-state index contributed by atoms with van der Waals surface area (Å²) in [5.74, 6) is -1.02. The number of aliphatic carboxylic acids is 1. The van der Waals surface area contributed by atoms with Crippen molar-refractivity contribution in [2.24, 2.45) is 0 Å². The summed E-state index contributed by atoms with van der Waals surface area (Å²) >= 11 is 0. The van der Waals surface area contributed by atoms with Gasteiger partial charge in [0.2, 0.25) is 0 Å². The van der Waals surface area contributed by atoms with Gasteiger partial charge in [0.25, 0.3) is 0 Å². The van der Waals surface area contributed by atoms with Crippen molar-refractivity contribution in [1.29, 1.82) is 0 Å². The minimum Gasteiger partial charge on any atom is -0.480 e. The van der Waals surface area contributed by atoms with Gasteiger partial charge in [-0.2, -0.15) is 0 Å². The lowest BCUT2D eigenvalue weighted by Gasteiger charge is -2.28. The SMILES string of the molecule is O=C(O)CN(C(=O)NC1CCS(=O)(=O)C1)C1CCCC1. The molecule has 1 saturated carbocycles. The Morgan fingerprint density at radius 2 is 1.85 bits per heavy atom. The molecule has 2 aliphatic rings. The zero-order valence-electron chi connectivity index (χ0n) is 11.2. The van der Waals surface area contributed by atoms with E-state index in [1.165, 1.54) is 4.90 Å². The Morgan fingerprint density at radius 3 is 2.35 bits per heavy atom. The predicted octanol–water partition coefficient (Wildman–Crippen LogP) is 0.212. The quantitative estimate of drug-likeness (QED) is 0.773.